The van der Waals surface area contributed by atoms with E-state index in [9.17, 15) is 9.59 Å². The molecule has 332 valence electrons. The second kappa shape index (κ2) is 20.5. The third kappa shape index (κ3) is 9.38. The van der Waals surface area contributed by atoms with Gasteiger partial charge in [0.15, 0.2) is 0 Å². The second-order valence-electron chi connectivity index (χ2n) is 19.1. The van der Waals surface area contributed by atoms with Crippen LogP contribution in [-0.2, 0) is 26.2 Å². The fourth-order valence-electron chi connectivity index (χ4n) is 11.2. The second-order valence-corrected chi connectivity index (χ2v) is 25.5. The Morgan fingerprint density at radius 3 is 1.23 bits per heavy atom. The summed E-state index contributed by atoms with van der Waals surface area (Å²) in [6.45, 7) is 12.5. The minimum absolute atomic E-state index is 0.0287. The van der Waals surface area contributed by atoms with E-state index in [4.69, 9.17) is 0 Å². The summed E-state index contributed by atoms with van der Waals surface area (Å²) >= 11 is -5.29. The van der Waals surface area contributed by atoms with Gasteiger partial charge in [-0.15, -0.1) is 0 Å². The number of carbonyl (C=O) groups excluding carboxylic acids is 2. The molecule has 0 aromatic heterocycles. The summed E-state index contributed by atoms with van der Waals surface area (Å²) in [4.78, 5) is 33.0. The Labute approximate surface area is 367 Å². The van der Waals surface area contributed by atoms with Crippen molar-refractivity contribution in [1.82, 2.24) is 0 Å². The molecule has 61 heavy (non-hydrogen) atoms. The van der Waals surface area contributed by atoms with Gasteiger partial charge >= 0.3 is 369 Å². The van der Waals surface area contributed by atoms with Crippen LogP contribution in [0.4, 0.5) is 28.9 Å². The molecule has 0 radical (unpaired) electrons. The molecule has 2 fully saturated rings. The van der Waals surface area contributed by atoms with E-state index in [1.165, 1.54) is 24.3 Å². The van der Waals surface area contributed by atoms with Crippen LogP contribution in [0.25, 0.3) is 0 Å². The Balaban J connectivity index is 1.65. The zero-order valence-corrected chi connectivity index (χ0v) is 39.2. The van der Waals surface area contributed by atoms with E-state index >= 15 is 17.6 Å². The number of hydrogen-bond donors (Lipinski definition) is 0. The van der Waals surface area contributed by atoms with Crippen LogP contribution in [0.15, 0.2) is 72.9 Å². The van der Waals surface area contributed by atoms with Crippen LogP contribution in [0.3, 0.4) is 0 Å². The van der Waals surface area contributed by atoms with E-state index in [1.807, 2.05) is 65.8 Å². The predicted molar refractivity (Wildman–Crippen MR) is 241 cm³/mol. The molecule has 2 saturated carbocycles. The van der Waals surface area contributed by atoms with Gasteiger partial charge in [0, 0.05) is 0 Å². The van der Waals surface area contributed by atoms with Crippen molar-refractivity contribution in [3.63, 3.8) is 0 Å². The van der Waals surface area contributed by atoms with Crippen molar-refractivity contribution in [2.24, 2.45) is 22.7 Å². The topological polar surface area (TPSA) is 40.6 Å². The summed E-state index contributed by atoms with van der Waals surface area (Å²) < 4.78 is 69.8. The van der Waals surface area contributed by atoms with E-state index in [-0.39, 0.29) is 55.9 Å². The molecule has 4 nitrogen and oxygen atoms in total. The van der Waals surface area contributed by atoms with Crippen molar-refractivity contribution >= 4 is 30.9 Å². The van der Waals surface area contributed by atoms with Gasteiger partial charge in [-0.25, -0.2) is 0 Å². The monoisotopic (exact) mass is 878 g/mol. The zero-order chi connectivity index (χ0) is 44.0. The maximum absolute atomic E-state index is 18.5. The van der Waals surface area contributed by atoms with Crippen molar-refractivity contribution in [3.05, 3.63) is 96.1 Å². The Bertz CT molecular complexity index is 1830. The van der Waals surface area contributed by atoms with E-state index in [2.05, 4.69) is 0 Å². The molecule has 0 aliphatic heterocycles. The number of hydrogen-bond acceptors (Lipinski definition) is 2. The van der Waals surface area contributed by atoms with Crippen LogP contribution < -0.4 is 17.5 Å². The molecule has 0 heterocycles. The molecular formula is C52H70F4N2O2Ti. The van der Waals surface area contributed by atoms with E-state index in [0.717, 1.165) is 77.0 Å². The third-order valence-corrected chi connectivity index (χ3v) is 23.6. The molecule has 2 atom stereocenters. The van der Waals surface area contributed by atoms with Crippen molar-refractivity contribution in [1.29, 1.82) is 0 Å². The van der Waals surface area contributed by atoms with Crippen LogP contribution in [-0.4, -0.2) is 24.9 Å². The number of nitrogens with zero attached hydrogens (tertiary/aromatic N) is 2. The van der Waals surface area contributed by atoms with Gasteiger partial charge in [0.1, 0.15) is 0 Å². The summed E-state index contributed by atoms with van der Waals surface area (Å²) in [5, 5.41) is 0. The van der Waals surface area contributed by atoms with Crippen LogP contribution >= 0.6 is 0 Å². The fraction of sp³-hybridized carbons (Fsp3) is 0.577. The van der Waals surface area contributed by atoms with E-state index in [0.29, 0.717) is 25.7 Å². The molecule has 4 aliphatic carbocycles. The SMILES string of the molecule is CCCC(C)(CC)C(=O)N(CC1CCCCC1)c1ccc(F)[c]([Ti]([c]2c(F)ccc(N(CC3CCCCC3)C(=O)C(C)(CC)CCC)c2F)([CH]2C=CC=C2)[CH]2C=CC=C2)c1F. The van der Waals surface area contributed by atoms with Gasteiger partial charge in [-0.3, -0.25) is 0 Å². The predicted octanol–water partition coefficient (Wildman–Crippen LogP) is 13.4. The average Bonchev–Trinajstić information content (AvgIpc) is 4.02. The number of halogens is 4. The summed E-state index contributed by atoms with van der Waals surface area (Å²) in [5.41, 5.74) is -1.64. The summed E-state index contributed by atoms with van der Waals surface area (Å²) in [7, 11) is 0. The first-order chi connectivity index (χ1) is 29.3. The number of benzene rings is 2. The van der Waals surface area contributed by atoms with Gasteiger partial charge in [-0.2, -0.15) is 0 Å². The normalized spacial score (nSPS) is 19.7. The molecule has 2 unspecified atom stereocenters. The van der Waals surface area contributed by atoms with Crippen LogP contribution in [0.5, 0.6) is 0 Å². The number of amides is 2. The summed E-state index contributed by atoms with van der Waals surface area (Å²) in [5.74, 6) is -3.71. The van der Waals surface area contributed by atoms with Crippen LogP contribution in [0.1, 0.15) is 144 Å². The molecule has 4 aliphatic rings. The molecule has 0 spiro atoms. The third-order valence-electron chi connectivity index (χ3n) is 15.1. The van der Waals surface area contributed by atoms with E-state index in [1.54, 1.807) is 34.1 Å². The molecule has 9 heteroatoms. The Morgan fingerprint density at radius 1 is 0.574 bits per heavy atom. The molecule has 0 N–H and O–H groups in total. The van der Waals surface area contributed by atoms with Crippen molar-refractivity contribution in [3.8, 4) is 0 Å². The van der Waals surface area contributed by atoms with Crippen molar-refractivity contribution in [2.75, 3.05) is 22.9 Å². The van der Waals surface area contributed by atoms with Crippen LogP contribution in [0.2, 0.25) is 8.45 Å². The Morgan fingerprint density at radius 2 is 0.918 bits per heavy atom. The molecule has 2 aromatic carbocycles. The van der Waals surface area contributed by atoms with Gasteiger partial charge in [-0.05, 0) is 0 Å². The maximum atomic E-state index is 18.5. The molecular weight excluding hydrogens is 808 g/mol. The first kappa shape index (κ1) is 47.3. The molecule has 6 rings (SSSR count). The standard InChI is InChI=1S/2C21H30F2NO.2C5H5.Ti/c2*1-4-13-21(3,5-2)20(25)24(15-16-9-7-6-8-10-16)19-12-11-17(22)14-18(19)23;2*1-2-4-5-3-1;/h2*11-12,16H,4-10,13,15H2,1-3H3;2*1-5H;. The Hall–Kier alpha value is -3.23. The van der Waals surface area contributed by atoms with Crippen molar-refractivity contribution in [2.45, 2.75) is 153 Å². The number of carbonyl (C=O) groups is 2. The van der Waals surface area contributed by atoms with Gasteiger partial charge in [0.05, 0.1) is 0 Å². The van der Waals surface area contributed by atoms with Gasteiger partial charge in [0.25, 0.3) is 0 Å². The average molecular weight is 879 g/mol. The first-order valence-electron chi connectivity index (χ1n) is 23.6. The van der Waals surface area contributed by atoms with Gasteiger partial charge < -0.3 is 0 Å². The molecule has 0 saturated heterocycles. The van der Waals surface area contributed by atoms with E-state index < -0.39 is 59.1 Å². The van der Waals surface area contributed by atoms with Gasteiger partial charge in [0.2, 0.25) is 0 Å². The number of anilines is 2. The summed E-state index contributed by atoms with van der Waals surface area (Å²) in [6.07, 6.45) is 28.2. The summed E-state index contributed by atoms with van der Waals surface area (Å²) in [6, 6.07) is 5.19. The molecule has 2 amide bonds. The number of allylic oxidation sites excluding steroid dienone is 8. The fourth-order valence-corrected chi connectivity index (χ4v) is 20.0. The van der Waals surface area contributed by atoms with Gasteiger partial charge in [-0.1, -0.05) is 0 Å². The zero-order valence-electron chi connectivity index (χ0n) is 37.7. The minimum atomic E-state index is -5.29. The number of rotatable bonds is 18. The Kier molecular flexibility index (Phi) is 15.9. The first-order valence-corrected chi connectivity index (χ1v) is 27.0. The molecule has 2 aromatic rings. The van der Waals surface area contributed by atoms with Crippen molar-refractivity contribution < 1.29 is 43.7 Å². The molecule has 0 bridgehead atoms. The quantitative estimate of drug-likeness (QED) is 0.111. The van der Waals surface area contributed by atoms with Crippen LogP contribution in [0, 0.1) is 45.9 Å².